The number of nitrogens with zero attached hydrogens (tertiary/aromatic N) is 2. The van der Waals surface area contributed by atoms with E-state index in [0.717, 1.165) is 17.5 Å². The number of aromatic amines is 1. The molecule has 1 amide bonds. The molecule has 12 heteroatoms. The number of hydrogen-bond acceptors (Lipinski definition) is 8. The van der Waals surface area contributed by atoms with E-state index in [4.69, 9.17) is 14.2 Å². The highest BCUT2D eigenvalue weighted by Crippen LogP contribution is 2.33. The fourth-order valence-electron chi connectivity index (χ4n) is 5.47. The third-order valence-electron chi connectivity index (χ3n) is 7.63. The number of carbonyl (C=O) groups excluding carboxylic acids is 1. The minimum atomic E-state index is -3.98. The molecule has 2 fully saturated rings. The summed E-state index contributed by atoms with van der Waals surface area (Å²) in [6, 6.07) is 13.4. The van der Waals surface area contributed by atoms with E-state index in [2.05, 4.69) is 15.5 Å². The van der Waals surface area contributed by atoms with E-state index in [-0.39, 0.29) is 49.1 Å². The molecule has 5 atom stereocenters. The van der Waals surface area contributed by atoms with Gasteiger partial charge in [-0.05, 0) is 49.4 Å². The molecule has 2 aromatic carbocycles. The van der Waals surface area contributed by atoms with E-state index < -0.39 is 34.4 Å². The average molecular weight is 587 g/mol. The lowest BCUT2D eigenvalue weighted by atomic mass is 10.0. The molecule has 41 heavy (non-hydrogen) atoms. The Morgan fingerprint density at radius 1 is 1.20 bits per heavy atom. The molecular formula is C29H38N4O7S. The van der Waals surface area contributed by atoms with Gasteiger partial charge < -0.3 is 24.6 Å². The number of hydrogen-bond donors (Lipinski definition) is 3. The van der Waals surface area contributed by atoms with Crippen LogP contribution in [0.25, 0.3) is 10.9 Å². The lowest BCUT2D eigenvalue weighted by Gasteiger charge is -2.31. The lowest BCUT2D eigenvalue weighted by Crippen LogP contribution is -2.51. The molecule has 0 bridgehead atoms. The normalized spacial score (nSPS) is 22.2. The van der Waals surface area contributed by atoms with Crippen molar-refractivity contribution in [3.63, 3.8) is 0 Å². The van der Waals surface area contributed by atoms with Gasteiger partial charge in [0.2, 0.25) is 10.0 Å². The van der Waals surface area contributed by atoms with Crippen LogP contribution in [0.1, 0.15) is 31.5 Å². The largest absolute Gasteiger partial charge is 0.443 e. The van der Waals surface area contributed by atoms with Crippen LogP contribution in [0, 0.1) is 18.8 Å². The Morgan fingerprint density at radius 3 is 2.73 bits per heavy atom. The van der Waals surface area contributed by atoms with E-state index in [1.54, 1.807) is 19.1 Å². The van der Waals surface area contributed by atoms with Crippen LogP contribution in [0.15, 0.2) is 53.4 Å². The van der Waals surface area contributed by atoms with Gasteiger partial charge in [-0.3, -0.25) is 5.10 Å². The van der Waals surface area contributed by atoms with Crippen LogP contribution in [-0.4, -0.2) is 85.0 Å². The molecule has 2 saturated heterocycles. The van der Waals surface area contributed by atoms with Crippen LogP contribution >= 0.6 is 0 Å². The van der Waals surface area contributed by atoms with Crippen LogP contribution in [0.5, 0.6) is 0 Å². The lowest BCUT2D eigenvalue weighted by molar-refractivity contribution is -0.0907. The number of H-pyrrole nitrogens is 1. The third kappa shape index (κ3) is 6.73. The maximum Gasteiger partial charge on any atom is 0.407 e. The van der Waals surface area contributed by atoms with Crippen LogP contribution < -0.4 is 5.32 Å². The molecule has 2 aliphatic heterocycles. The third-order valence-corrected chi connectivity index (χ3v) is 9.46. The SMILES string of the molecule is Cc1n[nH]c2ccc(S(=O)(=O)N(CC(C)C)C[C@@H](O)[C@H](Cc3ccccc3)NC(=O)O[C@H]3COC4OCCC43)cc12. The highest BCUT2D eigenvalue weighted by Gasteiger charge is 2.44. The quantitative estimate of drug-likeness (QED) is 0.311. The highest BCUT2D eigenvalue weighted by molar-refractivity contribution is 7.89. The molecule has 2 unspecified atom stereocenters. The first-order valence-electron chi connectivity index (χ1n) is 14.0. The zero-order chi connectivity index (χ0) is 29.1. The van der Waals surface area contributed by atoms with Crippen molar-refractivity contribution in [1.29, 1.82) is 0 Å². The second-order valence-corrected chi connectivity index (χ2v) is 13.1. The molecule has 3 heterocycles. The minimum absolute atomic E-state index is 0.00851. The van der Waals surface area contributed by atoms with Crippen molar-refractivity contribution in [2.24, 2.45) is 11.8 Å². The second-order valence-electron chi connectivity index (χ2n) is 11.2. The van der Waals surface area contributed by atoms with Crippen LogP contribution in [-0.2, 0) is 30.7 Å². The Labute approximate surface area is 240 Å². The predicted molar refractivity (Wildman–Crippen MR) is 152 cm³/mol. The minimum Gasteiger partial charge on any atom is -0.443 e. The highest BCUT2D eigenvalue weighted by atomic mass is 32.2. The van der Waals surface area contributed by atoms with Gasteiger partial charge in [-0.2, -0.15) is 9.40 Å². The molecule has 222 valence electrons. The van der Waals surface area contributed by atoms with Crippen molar-refractivity contribution in [1.82, 2.24) is 19.8 Å². The van der Waals surface area contributed by atoms with Crippen LogP contribution in [0.2, 0.25) is 0 Å². The molecule has 3 aromatic rings. The Morgan fingerprint density at radius 2 is 1.98 bits per heavy atom. The maximum atomic E-state index is 13.9. The van der Waals surface area contributed by atoms with Crippen molar-refractivity contribution >= 4 is 27.0 Å². The molecule has 11 nitrogen and oxygen atoms in total. The fourth-order valence-corrected chi connectivity index (χ4v) is 7.12. The van der Waals surface area contributed by atoms with Gasteiger partial charge in [0, 0.05) is 18.5 Å². The monoisotopic (exact) mass is 586 g/mol. The zero-order valence-electron chi connectivity index (χ0n) is 23.5. The second kappa shape index (κ2) is 12.5. The number of sulfonamides is 1. The number of amides is 1. The summed E-state index contributed by atoms with van der Waals surface area (Å²) in [5.41, 5.74) is 2.32. The smallest absolute Gasteiger partial charge is 0.407 e. The summed E-state index contributed by atoms with van der Waals surface area (Å²) in [4.78, 5) is 13.1. The van der Waals surface area contributed by atoms with Crippen molar-refractivity contribution in [3.05, 3.63) is 59.8 Å². The molecule has 3 N–H and O–H groups in total. The van der Waals surface area contributed by atoms with Crippen LogP contribution in [0.4, 0.5) is 4.79 Å². The zero-order valence-corrected chi connectivity index (χ0v) is 24.3. The summed E-state index contributed by atoms with van der Waals surface area (Å²) in [5.74, 6) is -0.0352. The molecule has 0 radical (unpaired) electrons. The Balaban J connectivity index is 1.35. The maximum absolute atomic E-state index is 13.9. The van der Waals surface area contributed by atoms with Gasteiger partial charge in [0.15, 0.2) is 6.29 Å². The molecule has 0 spiro atoms. The van der Waals surface area contributed by atoms with Gasteiger partial charge in [-0.15, -0.1) is 0 Å². The van der Waals surface area contributed by atoms with E-state index in [1.807, 2.05) is 44.2 Å². The van der Waals surface area contributed by atoms with E-state index in [1.165, 1.54) is 10.4 Å². The number of aromatic nitrogens is 2. The number of carbonyl (C=O) groups is 1. The van der Waals surface area contributed by atoms with Gasteiger partial charge >= 0.3 is 6.09 Å². The summed E-state index contributed by atoms with van der Waals surface area (Å²) < 4.78 is 45.8. The summed E-state index contributed by atoms with van der Waals surface area (Å²) in [6.07, 6.45) is -1.70. The van der Waals surface area contributed by atoms with Gasteiger partial charge in [0.1, 0.15) is 6.10 Å². The van der Waals surface area contributed by atoms with E-state index in [9.17, 15) is 18.3 Å². The van der Waals surface area contributed by atoms with Crippen molar-refractivity contribution in [2.45, 2.75) is 63.0 Å². The number of aliphatic hydroxyl groups is 1. The topological polar surface area (TPSA) is 143 Å². The predicted octanol–water partition coefficient (Wildman–Crippen LogP) is 2.98. The number of benzene rings is 2. The standard InChI is InChI=1S/C29H38N4O7S/c1-18(2)15-33(41(36,37)21-9-10-24-23(14-21)19(3)31-32-24)16-26(34)25(13-20-7-5-4-6-8-20)30-29(35)40-27-17-39-28-22(27)11-12-38-28/h4-10,14,18,22,25-28,34H,11-13,15-17H2,1-3H3,(H,30,35)(H,31,32)/t22?,25-,26+,27-,28?/m0/s1. The number of nitrogens with one attached hydrogen (secondary N) is 2. The molecule has 1 aromatic heterocycles. The summed E-state index contributed by atoms with van der Waals surface area (Å²) in [7, 11) is -3.98. The molecule has 0 saturated carbocycles. The Kier molecular flexibility index (Phi) is 8.95. The molecule has 2 aliphatic rings. The molecule has 0 aliphatic carbocycles. The Hall–Kier alpha value is -3.03. The first-order chi connectivity index (χ1) is 19.6. The summed E-state index contributed by atoms with van der Waals surface area (Å²) in [5, 5.41) is 22.0. The number of ether oxygens (including phenoxy) is 3. The van der Waals surface area contributed by atoms with Crippen LogP contribution in [0.3, 0.4) is 0 Å². The Bertz CT molecular complexity index is 1450. The molecule has 5 rings (SSSR count). The first-order valence-corrected chi connectivity index (χ1v) is 15.4. The molecular weight excluding hydrogens is 548 g/mol. The van der Waals surface area contributed by atoms with E-state index >= 15 is 0 Å². The number of alkyl carbamates (subject to hydrolysis) is 1. The van der Waals surface area contributed by atoms with Crippen molar-refractivity contribution < 1.29 is 32.5 Å². The summed E-state index contributed by atoms with van der Waals surface area (Å²) in [6.45, 7) is 6.41. The number of aliphatic hydroxyl groups excluding tert-OH is 1. The van der Waals surface area contributed by atoms with E-state index in [0.29, 0.717) is 17.7 Å². The number of rotatable bonds is 11. The van der Waals surface area contributed by atoms with Gasteiger partial charge in [-0.1, -0.05) is 44.2 Å². The first kappa shape index (κ1) is 29.5. The van der Waals surface area contributed by atoms with Gasteiger partial charge in [0.25, 0.3) is 0 Å². The van der Waals surface area contributed by atoms with Gasteiger partial charge in [0.05, 0.1) is 47.4 Å². The summed E-state index contributed by atoms with van der Waals surface area (Å²) >= 11 is 0. The van der Waals surface area contributed by atoms with Crippen molar-refractivity contribution in [3.8, 4) is 0 Å². The van der Waals surface area contributed by atoms with Gasteiger partial charge in [-0.25, -0.2) is 13.2 Å². The van der Waals surface area contributed by atoms with Crippen molar-refractivity contribution in [2.75, 3.05) is 26.3 Å². The number of aryl methyl sites for hydroxylation is 1. The average Bonchev–Trinajstić information content (AvgIpc) is 3.66. The number of fused-ring (bicyclic) bond motifs is 2. The fraction of sp³-hybridized carbons (Fsp3) is 0.517.